The molecule has 0 saturated carbocycles. The van der Waals surface area contributed by atoms with Crippen molar-refractivity contribution in [1.29, 1.82) is 0 Å². The Bertz CT molecular complexity index is 929. The van der Waals surface area contributed by atoms with Crippen LogP contribution in [0.25, 0.3) is 0 Å². The predicted octanol–water partition coefficient (Wildman–Crippen LogP) is 1.54. The molecule has 6 nitrogen and oxygen atoms in total. The molecule has 1 atom stereocenters. The third-order valence-electron chi connectivity index (χ3n) is 4.45. The Balaban J connectivity index is 1.67. The zero-order valence-corrected chi connectivity index (χ0v) is 15.1. The van der Waals surface area contributed by atoms with E-state index in [0.717, 1.165) is 16.8 Å². The second-order valence-corrected chi connectivity index (χ2v) is 7.98. The van der Waals surface area contributed by atoms with E-state index in [2.05, 4.69) is 5.32 Å². The van der Waals surface area contributed by atoms with E-state index in [1.807, 2.05) is 11.8 Å². The largest absolute Gasteiger partial charge is 0.359 e. The van der Waals surface area contributed by atoms with Gasteiger partial charge in [-0.15, -0.1) is 0 Å². The van der Waals surface area contributed by atoms with Crippen molar-refractivity contribution in [3.8, 4) is 0 Å². The summed E-state index contributed by atoms with van der Waals surface area (Å²) in [5.41, 5.74) is 2.50. The molecule has 1 aliphatic heterocycles. The number of rotatable bonds is 5. The molecule has 2 aromatic carbocycles. The van der Waals surface area contributed by atoms with Crippen LogP contribution in [0.3, 0.4) is 0 Å². The number of carbonyl (C=O) groups is 1. The van der Waals surface area contributed by atoms with E-state index in [4.69, 9.17) is 5.14 Å². The van der Waals surface area contributed by atoms with Crippen LogP contribution < -0.4 is 15.4 Å². The quantitative estimate of drug-likeness (QED) is 0.827. The second kappa shape index (κ2) is 7.05. The minimum absolute atomic E-state index is 0.0669. The van der Waals surface area contributed by atoms with Gasteiger partial charge in [0, 0.05) is 18.3 Å². The first-order chi connectivity index (χ1) is 12.2. The minimum atomic E-state index is -3.75. The highest BCUT2D eigenvalue weighted by Gasteiger charge is 2.28. The number of amides is 1. The van der Waals surface area contributed by atoms with Gasteiger partial charge in [0.05, 0.1) is 11.4 Å². The van der Waals surface area contributed by atoms with Gasteiger partial charge in [-0.05, 0) is 54.8 Å². The number of hydrogen-bond donors (Lipinski definition) is 2. The second-order valence-electron chi connectivity index (χ2n) is 6.42. The molecule has 8 heteroatoms. The van der Waals surface area contributed by atoms with Crippen LogP contribution in [-0.4, -0.2) is 26.9 Å². The van der Waals surface area contributed by atoms with Crippen molar-refractivity contribution in [2.75, 3.05) is 11.4 Å². The number of halogens is 1. The van der Waals surface area contributed by atoms with Crippen molar-refractivity contribution in [2.24, 2.45) is 5.14 Å². The van der Waals surface area contributed by atoms with Crippen LogP contribution in [0, 0.1) is 5.82 Å². The van der Waals surface area contributed by atoms with Crippen LogP contribution in [0.4, 0.5) is 10.1 Å². The molecule has 0 fully saturated rings. The first-order valence-electron chi connectivity index (χ1n) is 8.17. The monoisotopic (exact) mass is 377 g/mol. The Morgan fingerprint density at radius 2 is 1.96 bits per heavy atom. The molecule has 0 aromatic heterocycles. The third kappa shape index (κ3) is 4.03. The standard InChI is InChI=1S/C18H20FN3O3S/c1-12-8-14-9-16(26(20,24)25)6-7-17(14)22(12)11-18(23)21-10-13-2-4-15(19)5-3-13/h2-7,9,12H,8,10-11H2,1H3,(H,21,23)(H2,20,24,25)/t12-/m1/s1. The molecule has 0 unspecified atom stereocenters. The number of sulfonamides is 1. The summed E-state index contributed by atoms with van der Waals surface area (Å²) in [6.07, 6.45) is 0.643. The van der Waals surface area contributed by atoms with E-state index >= 15 is 0 Å². The average molecular weight is 377 g/mol. The molecule has 1 heterocycles. The Hall–Kier alpha value is -2.45. The lowest BCUT2D eigenvalue weighted by Gasteiger charge is -2.24. The van der Waals surface area contributed by atoms with Crippen LogP contribution in [0.2, 0.25) is 0 Å². The Morgan fingerprint density at radius 3 is 2.62 bits per heavy atom. The van der Waals surface area contributed by atoms with Crippen molar-refractivity contribution in [3.05, 3.63) is 59.4 Å². The summed E-state index contributed by atoms with van der Waals surface area (Å²) in [5.74, 6) is -0.481. The first kappa shape index (κ1) is 18.3. The van der Waals surface area contributed by atoms with E-state index in [1.165, 1.54) is 18.2 Å². The van der Waals surface area contributed by atoms with E-state index in [1.54, 1.807) is 24.3 Å². The highest BCUT2D eigenvalue weighted by molar-refractivity contribution is 7.89. The van der Waals surface area contributed by atoms with Crippen molar-refractivity contribution < 1.29 is 17.6 Å². The molecule has 0 aliphatic carbocycles. The van der Waals surface area contributed by atoms with Crippen molar-refractivity contribution in [1.82, 2.24) is 5.32 Å². The number of hydrogen-bond acceptors (Lipinski definition) is 4. The molecule has 0 radical (unpaired) electrons. The van der Waals surface area contributed by atoms with Gasteiger partial charge in [0.15, 0.2) is 0 Å². The maximum Gasteiger partial charge on any atom is 0.239 e. The number of benzene rings is 2. The number of nitrogens with one attached hydrogen (secondary N) is 1. The fourth-order valence-corrected chi connectivity index (χ4v) is 3.67. The summed E-state index contributed by atoms with van der Waals surface area (Å²) in [5, 5.41) is 7.99. The van der Waals surface area contributed by atoms with Gasteiger partial charge in [-0.2, -0.15) is 0 Å². The summed E-state index contributed by atoms with van der Waals surface area (Å²) < 4.78 is 35.9. The van der Waals surface area contributed by atoms with Gasteiger partial charge in [0.25, 0.3) is 0 Å². The van der Waals surface area contributed by atoms with Crippen molar-refractivity contribution >= 4 is 21.6 Å². The van der Waals surface area contributed by atoms with Gasteiger partial charge >= 0.3 is 0 Å². The molecular weight excluding hydrogens is 357 g/mol. The van der Waals surface area contributed by atoms with Crippen molar-refractivity contribution in [2.45, 2.75) is 30.8 Å². The zero-order chi connectivity index (χ0) is 18.9. The molecule has 3 N–H and O–H groups in total. The van der Waals surface area contributed by atoms with Gasteiger partial charge in [-0.1, -0.05) is 12.1 Å². The first-order valence-corrected chi connectivity index (χ1v) is 9.72. The normalized spacial score (nSPS) is 16.4. The fourth-order valence-electron chi connectivity index (χ4n) is 3.10. The Labute approximate surface area is 151 Å². The minimum Gasteiger partial charge on any atom is -0.359 e. The molecular formula is C18H20FN3O3S. The zero-order valence-electron chi connectivity index (χ0n) is 14.3. The van der Waals surface area contributed by atoms with E-state index in [9.17, 15) is 17.6 Å². The summed E-state index contributed by atoms with van der Waals surface area (Å²) in [6, 6.07) is 10.7. The molecule has 1 aliphatic rings. The van der Waals surface area contributed by atoms with E-state index in [0.29, 0.717) is 13.0 Å². The number of nitrogens with zero attached hydrogens (tertiary/aromatic N) is 1. The van der Waals surface area contributed by atoms with Crippen LogP contribution in [0.1, 0.15) is 18.1 Å². The summed E-state index contributed by atoms with van der Waals surface area (Å²) in [7, 11) is -3.75. The molecule has 1 amide bonds. The Kier molecular flexibility index (Phi) is 4.97. The Morgan fingerprint density at radius 1 is 1.27 bits per heavy atom. The summed E-state index contributed by atoms with van der Waals surface area (Å²) in [4.78, 5) is 14.3. The van der Waals surface area contributed by atoms with E-state index < -0.39 is 10.0 Å². The van der Waals surface area contributed by atoms with Gasteiger partial charge in [-0.3, -0.25) is 4.79 Å². The average Bonchev–Trinajstić information content (AvgIpc) is 2.88. The van der Waals surface area contributed by atoms with Gasteiger partial charge in [-0.25, -0.2) is 17.9 Å². The van der Waals surface area contributed by atoms with Crippen LogP contribution in [-0.2, 0) is 27.8 Å². The van der Waals surface area contributed by atoms with E-state index in [-0.39, 0.29) is 29.2 Å². The highest BCUT2D eigenvalue weighted by Crippen LogP contribution is 2.33. The number of anilines is 1. The summed E-state index contributed by atoms with van der Waals surface area (Å²) in [6.45, 7) is 2.45. The lowest BCUT2D eigenvalue weighted by molar-refractivity contribution is -0.120. The molecule has 0 saturated heterocycles. The number of primary sulfonamides is 1. The topological polar surface area (TPSA) is 92.5 Å². The van der Waals surface area contributed by atoms with Crippen LogP contribution >= 0.6 is 0 Å². The van der Waals surface area contributed by atoms with Crippen LogP contribution in [0.5, 0.6) is 0 Å². The maximum absolute atomic E-state index is 12.9. The predicted molar refractivity (Wildman–Crippen MR) is 96.6 cm³/mol. The van der Waals surface area contributed by atoms with Gasteiger partial charge < -0.3 is 10.2 Å². The molecule has 0 bridgehead atoms. The maximum atomic E-state index is 12.9. The highest BCUT2D eigenvalue weighted by atomic mass is 32.2. The van der Waals surface area contributed by atoms with Gasteiger partial charge in [0.2, 0.25) is 15.9 Å². The molecule has 3 rings (SSSR count). The van der Waals surface area contributed by atoms with Gasteiger partial charge in [0.1, 0.15) is 5.82 Å². The molecule has 138 valence electrons. The third-order valence-corrected chi connectivity index (χ3v) is 5.36. The van der Waals surface area contributed by atoms with Crippen molar-refractivity contribution in [3.63, 3.8) is 0 Å². The molecule has 0 spiro atoms. The number of fused-ring (bicyclic) bond motifs is 1. The lowest BCUT2D eigenvalue weighted by Crippen LogP contribution is -2.39. The SMILES string of the molecule is C[C@@H]1Cc2cc(S(N)(=O)=O)ccc2N1CC(=O)NCc1ccc(F)cc1. The molecule has 26 heavy (non-hydrogen) atoms. The fraction of sp³-hybridized carbons (Fsp3) is 0.278. The lowest BCUT2D eigenvalue weighted by atomic mass is 10.1. The van der Waals surface area contributed by atoms with Crippen LogP contribution in [0.15, 0.2) is 47.4 Å². The molecule has 2 aromatic rings. The summed E-state index contributed by atoms with van der Waals surface area (Å²) >= 11 is 0. The number of carbonyl (C=O) groups excluding carboxylic acids is 1. The smallest absolute Gasteiger partial charge is 0.239 e. The number of nitrogens with two attached hydrogens (primary N) is 1.